The first kappa shape index (κ1) is 28.7. The van der Waals surface area contributed by atoms with E-state index in [2.05, 4.69) is 15.6 Å². The van der Waals surface area contributed by atoms with Crippen LogP contribution in [0.25, 0.3) is 0 Å². The Bertz CT molecular complexity index is 941. The van der Waals surface area contributed by atoms with E-state index in [1.54, 1.807) is 32.3 Å². The SMILES string of the molecule is CCNC(=NCc1ccc(C(=O)N(C)C)cc1)NCC(C)(C)c1cccc(C(F)(F)F)c1.I. The van der Waals surface area contributed by atoms with E-state index in [-0.39, 0.29) is 29.9 Å². The van der Waals surface area contributed by atoms with E-state index < -0.39 is 17.2 Å². The van der Waals surface area contributed by atoms with Crippen molar-refractivity contribution in [2.75, 3.05) is 27.2 Å². The first-order valence-electron chi connectivity index (χ1n) is 10.4. The normalized spacial score (nSPS) is 12.1. The van der Waals surface area contributed by atoms with Crippen LogP contribution in [0.3, 0.4) is 0 Å². The van der Waals surface area contributed by atoms with Gasteiger partial charge in [0.15, 0.2) is 5.96 Å². The summed E-state index contributed by atoms with van der Waals surface area (Å²) >= 11 is 0. The largest absolute Gasteiger partial charge is 0.416 e. The van der Waals surface area contributed by atoms with Gasteiger partial charge in [0.05, 0.1) is 12.1 Å². The van der Waals surface area contributed by atoms with Crippen molar-refractivity contribution in [3.05, 3.63) is 70.8 Å². The molecule has 5 nitrogen and oxygen atoms in total. The minimum absolute atomic E-state index is 0. The Balaban J connectivity index is 0.00000544. The Hall–Kier alpha value is -2.30. The predicted octanol–water partition coefficient (Wildman–Crippen LogP) is 5.06. The van der Waals surface area contributed by atoms with Gasteiger partial charge in [0.25, 0.3) is 5.91 Å². The van der Waals surface area contributed by atoms with Crippen LogP contribution in [0, 0.1) is 0 Å². The van der Waals surface area contributed by atoms with Gasteiger partial charge >= 0.3 is 6.18 Å². The van der Waals surface area contributed by atoms with Crippen molar-refractivity contribution in [2.24, 2.45) is 4.99 Å². The number of aliphatic imine (C=N–C) groups is 1. The molecule has 0 fully saturated rings. The van der Waals surface area contributed by atoms with E-state index in [9.17, 15) is 18.0 Å². The Morgan fingerprint density at radius 2 is 1.61 bits per heavy atom. The number of carbonyl (C=O) groups is 1. The molecule has 0 saturated carbocycles. The van der Waals surface area contributed by atoms with Crippen LogP contribution in [-0.2, 0) is 18.1 Å². The molecule has 0 heterocycles. The lowest BCUT2D eigenvalue weighted by molar-refractivity contribution is -0.137. The van der Waals surface area contributed by atoms with Crippen LogP contribution in [0.4, 0.5) is 13.2 Å². The smallest absolute Gasteiger partial charge is 0.357 e. The highest BCUT2D eigenvalue weighted by Crippen LogP contribution is 2.32. The van der Waals surface area contributed by atoms with Crippen LogP contribution in [0.15, 0.2) is 53.5 Å². The molecule has 0 aromatic heterocycles. The molecule has 182 valence electrons. The predicted molar refractivity (Wildman–Crippen MR) is 137 cm³/mol. The maximum atomic E-state index is 13.1. The molecule has 0 atom stereocenters. The Labute approximate surface area is 210 Å². The third kappa shape index (κ3) is 8.53. The standard InChI is InChI=1S/C24H31F3N4O.HI/c1-6-28-22(29-15-17-10-12-18(13-11-17)21(32)31(4)5)30-16-23(2,3)19-8-7-9-20(14-19)24(25,26)27;/h7-14H,6,15-16H2,1-5H3,(H2,28,29,30);1H. The zero-order chi connectivity index (χ0) is 23.9. The molecule has 0 radical (unpaired) electrons. The molecule has 9 heteroatoms. The van der Waals surface area contributed by atoms with E-state index in [4.69, 9.17) is 0 Å². The molecule has 0 spiro atoms. The summed E-state index contributed by atoms with van der Waals surface area (Å²) in [5.41, 5.74) is 0.938. The van der Waals surface area contributed by atoms with Crippen molar-refractivity contribution in [2.45, 2.75) is 38.9 Å². The van der Waals surface area contributed by atoms with Gasteiger partial charge < -0.3 is 15.5 Å². The van der Waals surface area contributed by atoms with Crippen LogP contribution < -0.4 is 10.6 Å². The molecular weight excluding hydrogens is 544 g/mol. The molecular formula is C24H32F3IN4O. The second kappa shape index (κ2) is 12.2. The fourth-order valence-electron chi connectivity index (χ4n) is 3.05. The molecule has 0 unspecified atom stereocenters. The number of halogens is 4. The number of hydrogen-bond acceptors (Lipinski definition) is 2. The summed E-state index contributed by atoms with van der Waals surface area (Å²) in [6.07, 6.45) is -4.37. The fraction of sp³-hybridized carbons (Fsp3) is 0.417. The highest BCUT2D eigenvalue weighted by Gasteiger charge is 2.32. The average molecular weight is 576 g/mol. The van der Waals surface area contributed by atoms with E-state index in [0.717, 1.165) is 11.6 Å². The van der Waals surface area contributed by atoms with E-state index in [1.807, 2.05) is 32.9 Å². The van der Waals surface area contributed by atoms with Crippen LogP contribution in [0.1, 0.15) is 47.8 Å². The zero-order valence-electron chi connectivity index (χ0n) is 19.6. The Morgan fingerprint density at radius 3 is 2.15 bits per heavy atom. The van der Waals surface area contributed by atoms with Crippen molar-refractivity contribution in [1.82, 2.24) is 15.5 Å². The van der Waals surface area contributed by atoms with Gasteiger partial charge in [0.2, 0.25) is 0 Å². The molecule has 0 aliphatic rings. The lowest BCUT2D eigenvalue weighted by atomic mass is 9.84. The lowest BCUT2D eigenvalue weighted by Crippen LogP contribution is -2.43. The van der Waals surface area contributed by atoms with E-state index >= 15 is 0 Å². The van der Waals surface area contributed by atoms with E-state index in [0.29, 0.717) is 36.7 Å². The minimum Gasteiger partial charge on any atom is -0.357 e. The van der Waals surface area contributed by atoms with Gasteiger partial charge in [-0.05, 0) is 36.2 Å². The number of nitrogens with one attached hydrogen (secondary N) is 2. The molecule has 2 aromatic rings. The Kier molecular flexibility index (Phi) is 10.7. The summed E-state index contributed by atoms with van der Waals surface area (Å²) in [4.78, 5) is 18.1. The maximum Gasteiger partial charge on any atom is 0.416 e. The molecule has 2 N–H and O–H groups in total. The summed E-state index contributed by atoms with van der Waals surface area (Å²) in [5.74, 6) is 0.507. The van der Waals surface area contributed by atoms with Gasteiger partial charge in [-0.15, -0.1) is 24.0 Å². The summed E-state index contributed by atoms with van der Waals surface area (Å²) < 4.78 is 39.2. The summed E-state index contributed by atoms with van der Waals surface area (Å²) in [7, 11) is 3.41. The van der Waals surface area contributed by atoms with Gasteiger partial charge in [0, 0.05) is 38.2 Å². The van der Waals surface area contributed by atoms with Crippen LogP contribution >= 0.6 is 24.0 Å². The number of alkyl halides is 3. The second-order valence-corrected chi connectivity index (χ2v) is 8.41. The molecule has 0 aliphatic carbocycles. The fourth-order valence-corrected chi connectivity index (χ4v) is 3.05. The van der Waals surface area contributed by atoms with Gasteiger partial charge in [-0.3, -0.25) is 4.79 Å². The third-order valence-corrected chi connectivity index (χ3v) is 5.04. The van der Waals surface area contributed by atoms with Gasteiger partial charge in [-0.2, -0.15) is 13.2 Å². The number of guanidine groups is 1. The topological polar surface area (TPSA) is 56.7 Å². The van der Waals surface area contributed by atoms with Gasteiger partial charge in [0.1, 0.15) is 0 Å². The highest BCUT2D eigenvalue weighted by molar-refractivity contribution is 14.0. The number of carbonyl (C=O) groups excluding carboxylic acids is 1. The maximum absolute atomic E-state index is 13.1. The lowest BCUT2D eigenvalue weighted by Gasteiger charge is -2.27. The summed E-state index contributed by atoms with van der Waals surface area (Å²) in [5, 5.41) is 6.38. The van der Waals surface area contributed by atoms with Crippen LogP contribution in [0.2, 0.25) is 0 Å². The first-order valence-corrected chi connectivity index (χ1v) is 10.4. The Morgan fingerprint density at radius 1 is 1.00 bits per heavy atom. The quantitative estimate of drug-likeness (QED) is 0.276. The minimum atomic E-state index is -4.37. The van der Waals surface area contributed by atoms with Crippen molar-refractivity contribution in [3.63, 3.8) is 0 Å². The number of benzene rings is 2. The van der Waals surface area contributed by atoms with Crippen LogP contribution in [0.5, 0.6) is 0 Å². The van der Waals surface area contributed by atoms with Crippen molar-refractivity contribution < 1.29 is 18.0 Å². The average Bonchev–Trinajstić information content (AvgIpc) is 2.75. The summed E-state index contributed by atoms with van der Waals surface area (Å²) in [6, 6.07) is 12.7. The molecule has 2 aromatic carbocycles. The molecule has 0 aliphatic heterocycles. The zero-order valence-corrected chi connectivity index (χ0v) is 21.9. The van der Waals surface area contributed by atoms with Crippen molar-refractivity contribution in [1.29, 1.82) is 0 Å². The van der Waals surface area contributed by atoms with Crippen LogP contribution in [-0.4, -0.2) is 44.0 Å². The molecule has 2 rings (SSSR count). The number of rotatable bonds is 7. The van der Waals surface area contributed by atoms with Gasteiger partial charge in [-0.1, -0.05) is 44.2 Å². The van der Waals surface area contributed by atoms with Crippen molar-refractivity contribution >= 4 is 35.8 Å². The number of nitrogens with zero attached hydrogens (tertiary/aromatic N) is 2. The molecule has 0 saturated heterocycles. The van der Waals surface area contributed by atoms with Gasteiger partial charge in [-0.25, -0.2) is 4.99 Å². The summed E-state index contributed by atoms with van der Waals surface area (Å²) in [6.45, 7) is 7.16. The number of amides is 1. The molecule has 0 bridgehead atoms. The number of hydrogen-bond donors (Lipinski definition) is 2. The third-order valence-electron chi connectivity index (χ3n) is 5.04. The molecule has 33 heavy (non-hydrogen) atoms. The van der Waals surface area contributed by atoms with E-state index in [1.165, 1.54) is 17.0 Å². The highest BCUT2D eigenvalue weighted by atomic mass is 127. The monoisotopic (exact) mass is 576 g/mol. The second-order valence-electron chi connectivity index (χ2n) is 8.41. The van der Waals surface area contributed by atoms with Crippen molar-refractivity contribution in [3.8, 4) is 0 Å². The first-order chi connectivity index (χ1) is 14.9. The molecule has 1 amide bonds.